The number of benzene rings is 1. The van der Waals surface area contributed by atoms with Crippen LogP contribution in [0, 0.1) is 5.92 Å². The molecule has 4 heteroatoms. The van der Waals surface area contributed by atoms with Gasteiger partial charge in [-0.15, -0.1) is 0 Å². The Morgan fingerprint density at radius 2 is 2.00 bits per heavy atom. The molecular formula is C17H27N3S. The molecule has 2 rings (SSSR count). The molecule has 0 aliphatic carbocycles. The molecule has 1 aromatic carbocycles. The zero-order chi connectivity index (χ0) is 15.2. The number of likely N-dealkylation sites (N-methyl/N-ethyl adjacent to an activating group) is 1. The van der Waals surface area contributed by atoms with Crippen molar-refractivity contribution in [2.45, 2.75) is 32.4 Å². The lowest BCUT2D eigenvalue weighted by molar-refractivity contribution is 0.329. The number of aliphatic imine (C=N–C) groups is 1. The van der Waals surface area contributed by atoms with Crippen LogP contribution in [-0.4, -0.2) is 42.5 Å². The molecular weight excluding hydrogens is 278 g/mol. The topological polar surface area (TPSA) is 27.6 Å². The first-order valence-electron chi connectivity index (χ1n) is 7.71. The number of rotatable bonds is 6. The van der Waals surface area contributed by atoms with Crippen LogP contribution in [0.4, 0.5) is 0 Å². The maximum absolute atomic E-state index is 4.86. The Bertz CT molecular complexity index is 446. The van der Waals surface area contributed by atoms with Crippen LogP contribution >= 0.6 is 11.8 Å². The normalized spacial score (nSPS) is 19.9. The highest BCUT2D eigenvalue weighted by atomic mass is 32.2. The number of hydrogen-bond donors (Lipinski definition) is 1. The standard InChI is InChI=1S/C17H27N3S/c1-13(2)10-15(11-20(3)4)18-17-19-16(12-21-17)14-8-6-5-7-9-14/h5-9,13,15-16H,10-12H2,1-4H3,(H,18,19). The van der Waals surface area contributed by atoms with Crippen molar-refractivity contribution in [2.24, 2.45) is 10.9 Å². The maximum atomic E-state index is 4.86. The summed E-state index contributed by atoms with van der Waals surface area (Å²) in [4.78, 5) is 7.11. The third kappa shape index (κ3) is 5.36. The second-order valence-corrected chi connectivity index (χ2v) is 7.41. The smallest absolute Gasteiger partial charge is 0.157 e. The molecule has 1 heterocycles. The minimum atomic E-state index is 0.303. The van der Waals surface area contributed by atoms with Gasteiger partial charge in [-0.3, -0.25) is 4.99 Å². The minimum Gasteiger partial charge on any atom is -0.361 e. The molecule has 0 spiro atoms. The van der Waals surface area contributed by atoms with Gasteiger partial charge in [0.1, 0.15) is 0 Å². The first kappa shape index (κ1) is 16.4. The first-order valence-corrected chi connectivity index (χ1v) is 8.70. The summed E-state index contributed by atoms with van der Waals surface area (Å²) in [6.07, 6.45) is 1.17. The highest BCUT2D eigenvalue weighted by Gasteiger charge is 2.22. The summed E-state index contributed by atoms with van der Waals surface area (Å²) >= 11 is 1.85. The number of hydrogen-bond acceptors (Lipinski definition) is 4. The number of nitrogens with zero attached hydrogens (tertiary/aromatic N) is 2. The van der Waals surface area contributed by atoms with Crippen LogP contribution < -0.4 is 5.32 Å². The molecule has 0 fully saturated rings. The van der Waals surface area contributed by atoms with Gasteiger partial charge >= 0.3 is 0 Å². The molecule has 3 nitrogen and oxygen atoms in total. The van der Waals surface area contributed by atoms with Crippen LogP contribution in [0.2, 0.25) is 0 Å². The number of nitrogens with one attached hydrogen (secondary N) is 1. The van der Waals surface area contributed by atoms with Crippen molar-refractivity contribution >= 4 is 16.9 Å². The average Bonchev–Trinajstić information content (AvgIpc) is 2.86. The Morgan fingerprint density at radius 3 is 2.62 bits per heavy atom. The van der Waals surface area contributed by atoms with E-state index in [9.17, 15) is 0 Å². The van der Waals surface area contributed by atoms with E-state index in [1.165, 1.54) is 12.0 Å². The third-order valence-corrected chi connectivity index (χ3v) is 4.48. The Morgan fingerprint density at radius 1 is 1.29 bits per heavy atom. The molecule has 2 unspecified atom stereocenters. The maximum Gasteiger partial charge on any atom is 0.157 e. The minimum absolute atomic E-state index is 0.303. The van der Waals surface area contributed by atoms with Gasteiger partial charge in [-0.2, -0.15) is 0 Å². The Kier molecular flexibility index (Phi) is 6.12. The van der Waals surface area contributed by atoms with E-state index in [4.69, 9.17) is 4.99 Å². The molecule has 21 heavy (non-hydrogen) atoms. The molecule has 0 amide bonds. The first-order chi connectivity index (χ1) is 10.0. The molecule has 0 saturated heterocycles. The van der Waals surface area contributed by atoms with Crippen molar-refractivity contribution in [3.63, 3.8) is 0 Å². The SMILES string of the molecule is CC(C)CC(CN(C)C)NC1=NC(c2ccccc2)CS1. The van der Waals surface area contributed by atoms with Crippen molar-refractivity contribution in [1.82, 2.24) is 10.2 Å². The van der Waals surface area contributed by atoms with Crippen molar-refractivity contribution < 1.29 is 0 Å². The van der Waals surface area contributed by atoms with Crippen molar-refractivity contribution in [1.29, 1.82) is 0 Å². The fourth-order valence-electron chi connectivity index (χ4n) is 2.66. The van der Waals surface area contributed by atoms with Gasteiger partial charge in [0.05, 0.1) is 6.04 Å². The van der Waals surface area contributed by atoms with E-state index in [0.717, 1.165) is 17.5 Å². The van der Waals surface area contributed by atoms with Crippen LogP contribution in [0.3, 0.4) is 0 Å². The van der Waals surface area contributed by atoms with Gasteiger partial charge in [0.15, 0.2) is 5.17 Å². The van der Waals surface area contributed by atoms with E-state index < -0.39 is 0 Å². The fraction of sp³-hybridized carbons (Fsp3) is 0.588. The van der Waals surface area contributed by atoms with E-state index in [0.29, 0.717) is 18.0 Å². The predicted molar refractivity (Wildman–Crippen MR) is 94.0 cm³/mol. The van der Waals surface area contributed by atoms with Gasteiger partial charge in [0.25, 0.3) is 0 Å². The van der Waals surface area contributed by atoms with Crippen LogP contribution in [0.15, 0.2) is 35.3 Å². The largest absolute Gasteiger partial charge is 0.361 e. The van der Waals surface area contributed by atoms with Crippen molar-refractivity contribution in [3.05, 3.63) is 35.9 Å². The molecule has 0 radical (unpaired) electrons. The molecule has 1 aliphatic heterocycles. The highest BCUT2D eigenvalue weighted by molar-refractivity contribution is 8.14. The summed E-state index contributed by atoms with van der Waals surface area (Å²) in [7, 11) is 4.26. The average molecular weight is 305 g/mol. The van der Waals surface area contributed by atoms with Gasteiger partial charge in [0.2, 0.25) is 0 Å². The van der Waals surface area contributed by atoms with Gasteiger partial charge in [-0.25, -0.2) is 0 Å². The third-order valence-electron chi connectivity index (χ3n) is 3.50. The second kappa shape index (κ2) is 7.85. The Balaban J connectivity index is 1.97. The number of thioether (sulfide) groups is 1. The summed E-state index contributed by atoms with van der Waals surface area (Å²) in [5, 5.41) is 4.76. The number of amidine groups is 1. The lowest BCUT2D eigenvalue weighted by Gasteiger charge is -2.24. The molecule has 1 aliphatic rings. The lowest BCUT2D eigenvalue weighted by atomic mass is 10.0. The van der Waals surface area contributed by atoms with Crippen molar-refractivity contribution in [3.8, 4) is 0 Å². The monoisotopic (exact) mass is 305 g/mol. The molecule has 0 bridgehead atoms. The summed E-state index contributed by atoms with van der Waals surface area (Å²) in [6, 6.07) is 11.4. The zero-order valence-corrected chi connectivity index (χ0v) is 14.4. The second-order valence-electron chi connectivity index (χ2n) is 6.40. The van der Waals surface area contributed by atoms with Crippen LogP contribution in [0.1, 0.15) is 31.9 Å². The van der Waals surface area contributed by atoms with Crippen LogP contribution in [0.5, 0.6) is 0 Å². The summed E-state index contributed by atoms with van der Waals surface area (Å²) in [5.41, 5.74) is 1.31. The van der Waals surface area contributed by atoms with E-state index in [1.54, 1.807) is 0 Å². The molecule has 0 aromatic heterocycles. The quantitative estimate of drug-likeness (QED) is 0.873. The van der Waals surface area contributed by atoms with E-state index in [-0.39, 0.29) is 0 Å². The van der Waals surface area contributed by atoms with Gasteiger partial charge in [-0.05, 0) is 32.0 Å². The van der Waals surface area contributed by atoms with E-state index >= 15 is 0 Å². The highest BCUT2D eigenvalue weighted by Crippen LogP contribution is 2.29. The van der Waals surface area contributed by atoms with Crippen LogP contribution in [-0.2, 0) is 0 Å². The molecule has 116 valence electrons. The van der Waals surface area contributed by atoms with Crippen LogP contribution in [0.25, 0.3) is 0 Å². The summed E-state index contributed by atoms with van der Waals surface area (Å²) < 4.78 is 0. The predicted octanol–water partition coefficient (Wildman–Crippen LogP) is 3.40. The Labute approximate surface area is 133 Å². The zero-order valence-electron chi connectivity index (χ0n) is 13.5. The molecule has 1 N–H and O–H groups in total. The van der Waals surface area contributed by atoms with Gasteiger partial charge < -0.3 is 10.2 Å². The summed E-state index contributed by atoms with van der Waals surface area (Å²) in [6.45, 7) is 5.61. The van der Waals surface area contributed by atoms with Gasteiger partial charge in [0, 0.05) is 18.3 Å². The lowest BCUT2D eigenvalue weighted by Crippen LogP contribution is -2.41. The fourth-order valence-corrected chi connectivity index (χ4v) is 3.70. The van der Waals surface area contributed by atoms with Crippen molar-refractivity contribution in [2.75, 3.05) is 26.4 Å². The molecule has 1 aromatic rings. The molecule has 0 saturated carbocycles. The van der Waals surface area contributed by atoms with E-state index in [2.05, 4.69) is 68.5 Å². The molecule has 2 atom stereocenters. The van der Waals surface area contributed by atoms with Gasteiger partial charge in [-0.1, -0.05) is 55.9 Å². The van der Waals surface area contributed by atoms with E-state index in [1.807, 2.05) is 11.8 Å². The Hall–Kier alpha value is -1.00. The summed E-state index contributed by atoms with van der Waals surface area (Å²) in [5.74, 6) is 1.74.